The van der Waals surface area contributed by atoms with Crippen LogP contribution < -0.4 is 0 Å². The molecule has 1 amide bonds. The van der Waals surface area contributed by atoms with Gasteiger partial charge in [-0.3, -0.25) is 8.98 Å². The number of halogens is 1. The van der Waals surface area contributed by atoms with Crippen LogP contribution in [0.5, 0.6) is 0 Å². The fourth-order valence-corrected chi connectivity index (χ4v) is 2.58. The number of benzene rings is 1. The minimum atomic E-state index is -3.64. The summed E-state index contributed by atoms with van der Waals surface area (Å²) >= 11 is 0. The monoisotopic (exact) mass is 287 g/mol. The van der Waals surface area contributed by atoms with Crippen LogP contribution >= 0.6 is 0 Å². The molecular weight excluding hydrogens is 273 g/mol. The van der Waals surface area contributed by atoms with Crippen LogP contribution in [-0.2, 0) is 25.6 Å². The van der Waals surface area contributed by atoms with Crippen molar-refractivity contribution in [3.8, 4) is 0 Å². The normalized spacial score (nSPS) is 20.0. The lowest BCUT2D eigenvalue weighted by Crippen LogP contribution is -2.31. The average Bonchev–Trinajstić information content (AvgIpc) is 2.63. The Hall–Kier alpha value is -1.47. The zero-order valence-corrected chi connectivity index (χ0v) is 11.2. The average molecular weight is 287 g/mol. The Morgan fingerprint density at radius 1 is 1.37 bits per heavy atom. The molecule has 1 fully saturated rings. The van der Waals surface area contributed by atoms with Crippen molar-refractivity contribution in [2.24, 2.45) is 0 Å². The molecule has 0 aliphatic carbocycles. The fourth-order valence-electron chi connectivity index (χ4n) is 1.98. The molecule has 1 aromatic carbocycles. The van der Waals surface area contributed by atoms with Crippen LogP contribution in [0.1, 0.15) is 12.0 Å². The van der Waals surface area contributed by atoms with Gasteiger partial charge in [0.2, 0.25) is 0 Å². The molecule has 1 atom stereocenters. The maximum Gasteiger partial charge on any atom is 0.265 e. The molecule has 1 aliphatic heterocycles. The number of amides is 1. The van der Waals surface area contributed by atoms with Gasteiger partial charge in [0.15, 0.2) is 6.10 Å². The minimum Gasteiger partial charge on any atom is -0.336 e. The molecule has 1 unspecified atom stereocenters. The van der Waals surface area contributed by atoms with E-state index in [-0.39, 0.29) is 11.7 Å². The maximum atomic E-state index is 12.8. The van der Waals surface area contributed by atoms with Crippen LogP contribution in [0.3, 0.4) is 0 Å². The van der Waals surface area contributed by atoms with Gasteiger partial charge in [-0.15, -0.1) is 0 Å². The number of likely N-dealkylation sites (tertiary alicyclic amines) is 1. The van der Waals surface area contributed by atoms with E-state index in [0.717, 1.165) is 11.8 Å². The summed E-state index contributed by atoms with van der Waals surface area (Å²) in [5.74, 6) is -0.690. The van der Waals surface area contributed by atoms with E-state index in [1.165, 1.54) is 17.0 Å². The molecule has 1 aromatic rings. The summed E-state index contributed by atoms with van der Waals surface area (Å²) in [5.41, 5.74) is 0.787. The highest BCUT2D eigenvalue weighted by Crippen LogP contribution is 2.19. The SMILES string of the molecule is CS(=O)(=O)OC1CCN(Cc2ccc(F)cc2)C1=O. The van der Waals surface area contributed by atoms with Crippen LogP contribution in [0.4, 0.5) is 4.39 Å². The van der Waals surface area contributed by atoms with Gasteiger partial charge in [-0.1, -0.05) is 12.1 Å². The fraction of sp³-hybridized carbons (Fsp3) is 0.417. The van der Waals surface area contributed by atoms with Gasteiger partial charge in [-0.25, -0.2) is 4.39 Å². The standard InChI is InChI=1S/C12H14FNO4S/c1-19(16,17)18-11-6-7-14(12(11)15)8-9-2-4-10(13)5-3-9/h2-5,11H,6-8H2,1H3. The van der Waals surface area contributed by atoms with Gasteiger partial charge in [-0.05, 0) is 17.7 Å². The Morgan fingerprint density at radius 2 is 2.00 bits per heavy atom. The minimum absolute atomic E-state index is 0.322. The first-order chi connectivity index (χ1) is 8.85. The second kappa shape index (κ2) is 5.26. The lowest BCUT2D eigenvalue weighted by molar-refractivity contribution is -0.133. The Balaban J connectivity index is 2.00. The molecule has 0 N–H and O–H groups in total. The second-order valence-electron chi connectivity index (χ2n) is 4.46. The molecule has 19 heavy (non-hydrogen) atoms. The summed E-state index contributed by atoms with van der Waals surface area (Å²) < 4.78 is 39.5. The molecule has 0 aromatic heterocycles. The summed E-state index contributed by atoms with van der Waals surface area (Å²) in [7, 11) is -3.64. The van der Waals surface area contributed by atoms with Gasteiger partial charge in [0.1, 0.15) is 5.82 Å². The van der Waals surface area contributed by atoms with E-state index in [1.54, 1.807) is 12.1 Å². The number of rotatable bonds is 4. The van der Waals surface area contributed by atoms with Crippen LogP contribution in [0.15, 0.2) is 24.3 Å². The molecular formula is C12H14FNO4S. The van der Waals surface area contributed by atoms with E-state index >= 15 is 0 Å². The summed E-state index contributed by atoms with van der Waals surface area (Å²) in [4.78, 5) is 13.4. The highest BCUT2D eigenvalue weighted by atomic mass is 32.2. The van der Waals surface area contributed by atoms with Crippen LogP contribution in [-0.4, -0.2) is 38.1 Å². The molecule has 0 radical (unpaired) electrons. The smallest absolute Gasteiger partial charge is 0.265 e. The van der Waals surface area contributed by atoms with Crippen LogP contribution in [0, 0.1) is 5.82 Å². The molecule has 1 heterocycles. The first-order valence-corrected chi connectivity index (χ1v) is 7.58. The van der Waals surface area contributed by atoms with Gasteiger partial charge in [0.05, 0.1) is 6.26 Å². The number of hydrogen-bond acceptors (Lipinski definition) is 4. The van der Waals surface area contributed by atoms with Crippen molar-refractivity contribution < 1.29 is 21.8 Å². The third-order valence-corrected chi connectivity index (χ3v) is 3.41. The molecule has 0 spiro atoms. The predicted octanol–water partition coefficient (Wildman–Crippen LogP) is 0.903. The zero-order valence-electron chi connectivity index (χ0n) is 10.4. The molecule has 0 saturated carbocycles. The molecule has 0 bridgehead atoms. The van der Waals surface area contributed by atoms with Crippen LogP contribution in [0.25, 0.3) is 0 Å². The summed E-state index contributed by atoms with van der Waals surface area (Å²) in [6.45, 7) is 0.749. The maximum absolute atomic E-state index is 12.8. The highest BCUT2D eigenvalue weighted by molar-refractivity contribution is 7.86. The predicted molar refractivity (Wildman–Crippen MR) is 66.2 cm³/mol. The van der Waals surface area contributed by atoms with Gasteiger partial charge in [-0.2, -0.15) is 8.42 Å². The lowest BCUT2D eigenvalue weighted by Gasteiger charge is -2.16. The Kier molecular flexibility index (Phi) is 3.86. The number of carbonyl (C=O) groups is 1. The van der Waals surface area contributed by atoms with Gasteiger partial charge < -0.3 is 4.90 Å². The van der Waals surface area contributed by atoms with Gasteiger partial charge >= 0.3 is 0 Å². The Bertz CT molecular complexity index is 570. The third kappa shape index (κ3) is 3.74. The molecule has 2 rings (SSSR count). The topological polar surface area (TPSA) is 63.7 Å². The van der Waals surface area contributed by atoms with E-state index in [9.17, 15) is 17.6 Å². The number of carbonyl (C=O) groups excluding carboxylic acids is 1. The van der Waals surface area contributed by atoms with E-state index in [1.807, 2.05) is 0 Å². The van der Waals surface area contributed by atoms with Crippen molar-refractivity contribution in [3.05, 3.63) is 35.6 Å². The van der Waals surface area contributed by atoms with Gasteiger partial charge in [0, 0.05) is 19.5 Å². The van der Waals surface area contributed by atoms with Crippen molar-refractivity contribution in [1.29, 1.82) is 0 Å². The highest BCUT2D eigenvalue weighted by Gasteiger charge is 2.34. The first-order valence-electron chi connectivity index (χ1n) is 5.76. The van der Waals surface area contributed by atoms with E-state index in [0.29, 0.717) is 19.5 Å². The molecule has 7 heteroatoms. The zero-order chi connectivity index (χ0) is 14.0. The molecule has 1 saturated heterocycles. The molecule has 1 aliphatic rings. The van der Waals surface area contributed by atoms with Crippen LogP contribution in [0.2, 0.25) is 0 Å². The summed E-state index contributed by atoms with van der Waals surface area (Å²) in [6, 6.07) is 5.82. The molecule has 5 nitrogen and oxygen atoms in total. The van der Waals surface area contributed by atoms with Gasteiger partial charge in [0.25, 0.3) is 16.0 Å². The van der Waals surface area contributed by atoms with E-state index in [4.69, 9.17) is 4.18 Å². The summed E-state index contributed by atoms with van der Waals surface area (Å²) in [6.07, 6.45) is 0.325. The van der Waals surface area contributed by atoms with Crippen molar-refractivity contribution in [2.75, 3.05) is 12.8 Å². The van der Waals surface area contributed by atoms with Crippen molar-refractivity contribution >= 4 is 16.0 Å². The first kappa shape index (κ1) is 14.0. The summed E-state index contributed by atoms with van der Waals surface area (Å²) in [5, 5.41) is 0. The number of hydrogen-bond donors (Lipinski definition) is 0. The number of nitrogens with zero attached hydrogens (tertiary/aromatic N) is 1. The molecule has 104 valence electrons. The second-order valence-corrected chi connectivity index (χ2v) is 6.06. The van der Waals surface area contributed by atoms with E-state index in [2.05, 4.69) is 0 Å². The van der Waals surface area contributed by atoms with Crippen molar-refractivity contribution in [2.45, 2.75) is 19.1 Å². The Labute approximate surface area is 111 Å². The van der Waals surface area contributed by atoms with E-state index < -0.39 is 16.2 Å². The third-order valence-electron chi connectivity index (χ3n) is 2.83. The van der Waals surface area contributed by atoms with Crippen molar-refractivity contribution in [1.82, 2.24) is 4.90 Å². The lowest BCUT2D eigenvalue weighted by atomic mass is 10.2. The quantitative estimate of drug-likeness (QED) is 0.772. The van der Waals surface area contributed by atoms with Crippen molar-refractivity contribution in [3.63, 3.8) is 0 Å². The Morgan fingerprint density at radius 3 is 2.58 bits per heavy atom. The largest absolute Gasteiger partial charge is 0.336 e.